The zero-order valence-corrected chi connectivity index (χ0v) is 44.7. The van der Waals surface area contributed by atoms with Gasteiger partial charge in [-0.05, 0) is 102 Å². The fourth-order valence-corrected chi connectivity index (χ4v) is 6.68. The molecule has 0 saturated heterocycles. The van der Waals surface area contributed by atoms with Crippen molar-refractivity contribution < 1.29 is 4.42 Å². The molecule has 0 radical (unpaired) electrons. The van der Waals surface area contributed by atoms with Crippen LogP contribution in [0.1, 0.15) is 150 Å². The number of aryl methyl sites for hydroxylation is 4. The van der Waals surface area contributed by atoms with Crippen molar-refractivity contribution in [3.05, 3.63) is 204 Å². The van der Waals surface area contributed by atoms with Crippen LogP contribution < -0.4 is 0 Å². The molecule has 372 valence electrons. The van der Waals surface area contributed by atoms with Crippen molar-refractivity contribution in [2.75, 3.05) is 0 Å². The van der Waals surface area contributed by atoms with Crippen LogP contribution in [0.2, 0.25) is 0 Å². The molecule has 0 atom stereocenters. The van der Waals surface area contributed by atoms with E-state index in [4.69, 9.17) is 4.42 Å². The summed E-state index contributed by atoms with van der Waals surface area (Å²) in [6, 6.07) is 35.7. The monoisotopic (exact) mass is 961 g/mol. The number of benzene rings is 3. The smallest absolute Gasteiger partial charge is 0.247 e. The summed E-state index contributed by atoms with van der Waals surface area (Å²) in [4.78, 5) is 34.0. The zero-order chi connectivity index (χ0) is 52.2. The maximum absolute atomic E-state index is 5.35. The second-order valence-corrected chi connectivity index (χ2v) is 19.2. The second-order valence-electron chi connectivity index (χ2n) is 19.2. The molecule has 0 spiro atoms. The lowest BCUT2D eigenvalue weighted by molar-refractivity contribution is 0.532. The normalized spacial score (nSPS) is 10.7. The SMILES string of the molecule is CC(C)c1ncc(-c2ncccn2)cn1.Cc1ccc(-c2ccc(C(C)C)cc2)nc1.Cc1ccc(-c2ccc(C(C)C)cc2)nc1.Cc1cnc(C(C)C)nc1.Cc1nnc(-c2ccc(C(C)C)cc2)o1. The molecule has 9 rings (SSSR count). The lowest BCUT2D eigenvalue weighted by Crippen LogP contribution is -1.97. The van der Waals surface area contributed by atoms with E-state index in [1.54, 1.807) is 37.8 Å². The summed E-state index contributed by atoms with van der Waals surface area (Å²) in [5.41, 5.74) is 13.8. The van der Waals surface area contributed by atoms with Gasteiger partial charge in [0, 0.05) is 85.0 Å². The molecule has 3 aromatic carbocycles. The summed E-state index contributed by atoms with van der Waals surface area (Å²) in [6.45, 7) is 29.4. The minimum absolute atomic E-state index is 0.343. The van der Waals surface area contributed by atoms with Gasteiger partial charge in [-0.3, -0.25) is 9.97 Å². The van der Waals surface area contributed by atoms with Crippen molar-refractivity contribution in [1.82, 2.24) is 50.1 Å². The number of hydrogen-bond donors (Lipinski definition) is 0. The highest BCUT2D eigenvalue weighted by Gasteiger charge is 2.08. The van der Waals surface area contributed by atoms with E-state index in [-0.39, 0.29) is 0 Å². The fourth-order valence-electron chi connectivity index (χ4n) is 6.68. The van der Waals surface area contributed by atoms with Crippen molar-refractivity contribution in [2.24, 2.45) is 0 Å². The number of hydrogen-bond acceptors (Lipinski definition) is 11. The summed E-state index contributed by atoms with van der Waals surface area (Å²) < 4.78 is 5.35. The van der Waals surface area contributed by atoms with Gasteiger partial charge in [0.25, 0.3) is 0 Å². The highest BCUT2D eigenvalue weighted by Crippen LogP contribution is 2.24. The van der Waals surface area contributed by atoms with Crippen molar-refractivity contribution in [1.29, 1.82) is 0 Å². The van der Waals surface area contributed by atoms with Crippen molar-refractivity contribution in [3.63, 3.8) is 0 Å². The number of rotatable bonds is 9. The Bertz CT molecular complexity index is 2820. The van der Waals surface area contributed by atoms with Crippen molar-refractivity contribution in [2.45, 2.75) is 127 Å². The molecule has 0 aliphatic rings. The van der Waals surface area contributed by atoms with Gasteiger partial charge in [0.1, 0.15) is 11.6 Å². The molecule has 0 unspecified atom stereocenters. The summed E-state index contributed by atoms with van der Waals surface area (Å²) in [5, 5.41) is 7.78. The van der Waals surface area contributed by atoms with E-state index >= 15 is 0 Å². The van der Waals surface area contributed by atoms with Gasteiger partial charge in [-0.1, -0.05) is 142 Å². The van der Waals surface area contributed by atoms with Crippen molar-refractivity contribution in [3.8, 4) is 45.4 Å². The van der Waals surface area contributed by atoms with E-state index in [9.17, 15) is 0 Å². The van der Waals surface area contributed by atoms with Crippen molar-refractivity contribution >= 4 is 0 Å². The van der Waals surface area contributed by atoms with Crippen LogP contribution in [-0.2, 0) is 0 Å². The minimum atomic E-state index is 0.343. The van der Waals surface area contributed by atoms with Gasteiger partial charge in [0.2, 0.25) is 11.8 Å². The molecule has 6 aromatic heterocycles. The first-order chi connectivity index (χ1) is 34.5. The van der Waals surface area contributed by atoms with Gasteiger partial charge in [0.05, 0.1) is 17.0 Å². The first kappa shape index (κ1) is 55.3. The van der Waals surface area contributed by atoms with Crippen LogP contribution in [0.5, 0.6) is 0 Å². The minimum Gasteiger partial charge on any atom is -0.421 e. The number of nitrogens with zero attached hydrogens (tertiary/aromatic N) is 10. The molecular weight excluding hydrogens is 889 g/mol. The van der Waals surface area contributed by atoms with Crippen LogP contribution >= 0.6 is 0 Å². The molecule has 0 saturated carbocycles. The van der Waals surface area contributed by atoms with E-state index in [2.05, 4.69) is 218 Å². The van der Waals surface area contributed by atoms with Gasteiger partial charge >= 0.3 is 0 Å². The third kappa shape index (κ3) is 17.6. The Kier molecular flexibility index (Phi) is 21.2. The highest BCUT2D eigenvalue weighted by molar-refractivity contribution is 5.60. The summed E-state index contributed by atoms with van der Waals surface area (Å²) >= 11 is 0. The molecule has 0 aliphatic carbocycles. The summed E-state index contributed by atoms with van der Waals surface area (Å²) in [6.07, 6.45) is 14.5. The Hall–Kier alpha value is -7.66. The Labute approximate surface area is 428 Å². The molecule has 11 nitrogen and oxygen atoms in total. The van der Waals surface area contributed by atoms with Gasteiger partial charge in [-0.25, -0.2) is 29.9 Å². The Morgan fingerprint density at radius 3 is 1.04 bits per heavy atom. The number of pyridine rings is 2. The third-order valence-corrected chi connectivity index (χ3v) is 11.2. The molecule has 0 bridgehead atoms. The average Bonchev–Trinajstić information content (AvgIpc) is 3.84. The molecule has 0 aliphatic heterocycles. The molecule has 0 N–H and O–H groups in total. The van der Waals surface area contributed by atoms with Crippen LogP contribution in [0, 0.1) is 27.7 Å². The molecule has 0 fully saturated rings. The quantitative estimate of drug-likeness (QED) is 0.136. The predicted molar refractivity (Wildman–Crippen MR) is 294 cm³/mol. The first-order valence-corrected chi connectivity index (χ1v) is 24.8. The van der Waals surface area contributed by atoms with Gasteiger partial charge in [-0.2, -0.15) is 0 Å². The fraction of sp³-hybridized carbons (Fsp3) is 0.311. The lowest BCUT2D eigenvalue weighted by Gasteiger charge is -2.06. The standard InChI is InChI=1S/2C15H17N.C12H14N2O.C11H12N4.C8H12N2/c2*1-11(2)13-5-7-14(8-6-13)15-9-4-12(3)10-16-15;1-8(2)10-4-6-11(7-5-10)12-14-13-9(3)15-12;1-8(2)10-14-6-9(7-15-10)11-12-4-3-5-13-11;1-6(2)8-9-4-7(3)5-10-8/h2*4-11H,1-3H3;4-8H,1-3H3;3-8H,1-2H3;4-6H,1-3H3. The van der Waals surface area contributed by atoms with Crippen LogP contribution in [0.25, 0.3) is 45.4 Å². The summed E-state index contributed by atoms with van der Waals surface area (Å²) in [7, 11) is 0. The van der Waals surface area contributed by atoms with Crippen LogP contribution in [0.4, 0.5) is 0 Å². The molecule has 72 heavy (non-hydrogen) atoms. The molecule has 11 heteroatoms. The van der Waals surface area contributed by atoms with Gasteiger partial charge in [0.15, 0.2) is 5.82 Å². The first-order valence-electron chi connectivity index (χ1n) is 24.8. The van der Waals surface area contributed by atoms with Crippen LogP contribution in [-0.4, -0.2) is 50.1 Å². The molecular formula is C61H72N10O. The van der Waals surface area contributed by atoms with Gasteiger partial charge in [-0.15, -0.1) is 10.2 Å². The predicted octanol–water partition coefficient (Wildman–Crippen LogP) is 15.5. The second kappa shape index (κ2) is 27.7. The Morgan fingerprint density at radius 1 is 0.333 bits per heavy atom. The molecule has 6 heterocycles. The zero-order valence-electron chi connectivity index (χ0n) is 44.7. The number of aromatic nitrogens is 10. The van der Waals surface area contributed by atoms with E-state index in [0.29, 0.717) is 47.2 Å². The van der Waals surface area contributed by atoms with Gasteiger partial charge < -0.3 is 4.42 Å². The average molecular weight is 961 g/mol. The Morgan fingerprint density at radius 2 is 0.708 bits per heavy atom. The molecule has 0 amide bonds. The topological polar surface area (TPSA) is 142 Å². The van der Waals surface area contributed by atoms with E-state index in [1.165, 1.54) is 38.9 Å². The maximum Gasteiger partial charge on any atom is 0.247 e. The summed E-state index contributed by atoms with van der Waals surface area (Å²) in [5.74, 6) is 6.09. The maximum atomic E-state index is 5.35. The van der Waals surface area contributed by atoms with E-state index < -0.39 is 0 Å². The molecule has 9 aromatic rings. The van der Waals surface area contributed by atoms with Crippen LogP contribution in [0.15, 0.2) is 157 Å². The third-order valence-electron chi connectivity index (χ3n) is 11.2. The largest absolute Gasteiger partial charge is 0.421 e. The van der Waals surface area contributed by atoms with E-state index in [0.717, 1.165) is 39.7 Å². The van der Waals surface area contributed by atoms with Crippen LogP contribution in [0.3, 0.4) is 0 Å². The lowest BCUT2D eigenvalue weighted by atomic mass is 10.0. The highest BCUT2D eigenvalue weighted by atomic mass is 16.4. The Balaban J connectivity index is 0.000000168. The van der Waals surface area contributed by atoms with E-state index in [1.807, 2.05) is 43.8 Å².